The van der Waals surface area contributed by atoms with Gasteiger partial charge < -0.3 is 18.1 Å². The average Bonchev–Trinajstić information content (AvgIpc) is 2.72. The van der Waals surface area contributed by atoms with E-state index in [0.717, 1.165) is 22.3 Å². The minimum absolute atomic E-state index is 0.177. The number of benzene rings is 2. The number of carbonyl (C=O) groups excluding carboxylic acids is 1. The van der Waals surface area contributed by atoms with Gasteiger partial charge in [0, 0.05) is 17.2 Å². The van der Waals surface area contributed by atoms with Crippen molar-refractivity contribution in [1.29, 1.82) is 0 Å². The minimum atomic E-state index is -0.812. The van der Waals surface area contributed by atoms with Crippen molar-refractivity contribution in [2.24, 2.45) is 0 Å². The Morgan fingerprint density at radius 1 is 0.969 bits per heavy atom. The second-order valence-electron chi connectivity index (χ2n) is 6.55. The van der Waals surface area contributed by atoms with Crippen LogP contribution in [-0.4, -0.2) is 5.78 Å². The number of ketones is 1. The van der Waals surface area contributed by atoms with Crippen molar-refractivity contribution in [2.45, 2.75) is 20.8 Å². The minimum Gasteiger partial charge on any atom is -0.479 e. The van der Waals surface area contributed by atoms with Gasteiger partial charge in [0.2, 0.25) is 0 Å². The quantitative estimate of drug-likeness (QED) is 0.156. The predicted octanol–water partition coefficient (Wildman–Crippen LogP) is 8.15. The zero-order chi connectivity index (χ0) is 24.0. The molecule has 0 fully saturated rings. The molecule has 0 amide bonds. The molecule has 2 rings (SSSR count). The molecule has 0 aliphatic carbocycles. The van der Waals surface area contributed by atoms with Gasteiger partial charge in [-0.1, -0.05) is 44.6 Å². The average molecular weight is 602 g/mol. The largest absolute Gasteiger partial charge is 0.479 e. The summed E-state index contributed by atoms with van der Waals surface area (Å²) in [5.74, 6) is 2.42. The molecule has 5 nitrogen and oxygen atoms in total. The van der Waals surface area contributed by atoms with E-state index in [9.17, 15) is 4.79 Å². The zero-order valence-electron chi connectivity index (χ0n) is 17.8. The molecule has 0 spiro atoms. The van der Waals surface area contributed by atoms with E-state index in [1.165, 1.54) is 6.08 Å². The van der Waals surface area contributed by atoms with Gasteiger partial charge in [-0.25, -0.2) is 0 Å². The summed E-state index contributed by atoms with van der Waals surface area (Å²) >= 11 is 0. The van der Waals surface area contributed by atoms with Gasteiger partial charge >= 0.3 is 0 Å². The lowest BCUT2D eigenvalue weighted by molar-refractivity contribution is 0.104. The number of hydrogen-bond acceptors (Lipinski definition) is 5. The van der Waals surface area contributed by atoms with Gasteiger partial charge in [0.1, 0.15) is 38.0 Å². The first-order chi connectivity index (χ1) is 15.1. The highest BCUT2D eigenvalue weighted by Crippen LogP contribution is 2.56. The molecule has 0 aromatic heterocycles. The Labute approximate surface area is 207 Å². The van der Waals surface area contributed by atoms with E-state index in [-0.39, 0.29) is 14.3 Å². The lowest BCUT2D eigenvalue weighted by Gasteiger charge is -2.19. The second kappa shape index (κ2) is 13.9. The van der Waals surface area contributed by atoms with Crippen LogP contribution in [0.1, 0.15) is 32.6 Å². The highest BCUT2D eigenvalue weighted by atomic mass is 32.4. The number of rotatable bonds is 10. The molecule has 0 bridgehead atoms. The third-order valence-corrected chi connectivity index (χ3v) is 7.53. The van der Waals surface area contributed by atoms with Crippen LogP contribution in [0.2, 0.25) is 0 Å². The fraction of sp³-hybridized carbons (Fsp3) is 0.167. The third kappa shape index (κ3) is 7.71. The summed E-state index contributed by atoms with van der Waals surface area (Å²) in [7, 11) is 14.0. The van der Waals surface area contributed by atoms with Gasteiger partial charge in [-0.05, 0) is 56.2 Å². The molecule has 0 N–H and O–H groups in total. The van der Waals surface area contributed by atoms with Gasteiger partial charge in [0.25, 0.3) is 0 Å². The van der Waals surface area contributed by atoms with Crippen LogP contribution in [0.5, 0.6) is 23.0 Å². The van der Waals surface area contributed by atoms with E-state index in [0.29, 0.717) is 28.6 Å². The highest BCUT2D eigenvalue weighted by molar-refractivity contribution is 8.41. The topological polar surface area (TPSA) is 54.0 Å². The Hall–Kier alpha value is 0.920. The molecule has 7 unspecified atom stereocenters. The molecule has 2 aromatic rings. The first-order valence-corrected chi connectivity index (χ1v) is 21.2. The smallest absolute Gasteiger partial charge is 0.190 e. The van der Waals surface area contributed by atoms with Crippen LogP contribution >= 0.6 is 77.7 Å². The standard InChI is InChI=1S/C18H27O5P9/c1-9-10(2)18(20-24)16(11(3)17(9)21-30-25)14(19)7-5-12-4-6-13(22-31(26)27)8-15(12)23-32(28)29/h4-8,30H,24-29H2,1-3H3/b7-5+. The zero-order valence-corrected chi connectivity index (χ0v) is 27.5. The SMILES string of the molecule is Cc1c(C)c(OP)c(C(=O)/C=C/c2ccc(OP(P)P)cc2OP(P)P)c(C)c1OPP. The van der Waals surface area contributed by atoms with E-state index in [2.05, 4.69) is 54.1 Å². The van der Waals surface area contributed by atoms with E-state index in [1.807, 2.05) is 39.0 Å². The van der Waals surface area contributed by atoms with Crippen molar-refractivity contribution in [3.63, 3.8) is 0 Å². The maximum absolute atomic E-state index is 13.3. The van der Waals surface area contributed by atoms with Gasteiger partial charge in [0.05, 0.1) is 23.5 Å². The highest BCUT2D eigenvalue weighted by Gasteiger charge is 2.23. The van der Waals surface area contributed by atoms with Crippen LogP contribution in [0.3, 0.4) is 0 Å². The fourth-order valence-corrected chi connectivity index (χ4v) is 6.25. The predicted molar refractivity (Wildman–Crippen MR) is 163 cm³/mol. The maximum atomic E-state index is 13.3. The molecule has 174 valence electrons. The maximum Gasteiger partial charge on any atom is 0.190 e. The first-order valence-electron chi connectivity index (χ1n) is 9.05. The number of allylic oxidation sites excluding steroid dienone is 1. The molecule has 14 heteroatoms. The van der Waals surface area contributed by atoms with Crippen molar-refractivity contribution >= 4 is 89.5 Å². The van der Waals surface area contributed by atoms with Crippen LogP contribution < -0.4 is 18.1 Å². The first kappa shape index (κ1) is 29.2. The van der Waals surface area contributed by atoms with Crippen LogP contribution in [0.25, 0.3) is 6.08 Å². The van der Waals surface area contributed by atoms with E-state index < -0.39 is 15.1 Å². The lowest BCUT2D eigenvalue weighted by Crippen LogP contribution is -2.06. The monoisotopic (exact) mass is 602 g/mol. The van der Waals surface area contributed by atoms with E-state index in [1.54, 1.807) is 6.08 Å². The lowest BCUT2D eigenvalue weighted by atomic mass is 9.94. The molecule has 2 aromatic carbocycles. The molecule has 32 heavy (non-hydrogen) atoms. The van der Waals surface area contributed by atoms with Crippen molar-refractivity contribution in [3.05, 3.63) is 52.1 Å². The van der Waals surface area contributed by atoms with E-state index >= 15 is 0 Å². The van der Waals surface area contributed by atoms with Gasteiger partial charge in [-0.2, -0.15) is 0 Å². The van der Waals surface area contributed by atoms with Crippen molar-refractivity contribution < 1.29 is 22.9 Å². The molecule has 0 saturated carbocycles. The van der Waals surface area contributed by atoms with Crippen molar-refractivity contribution in [3.8, 4) is 23.0 Å². The molecule has 7 atom stereocenters. The van der Waals surface area contributed by atoms with Gasteiger partial charge in [-0.3, -0.25) is 4.79 Å². The summed E-state index contributed by atoms with van der Waals surface area (Å²) in [6, 6.07) is 5.57. The molecule has 0 aliphatic rings. The van der Waals surface area contributed by atoms with Gasteiger partial charge in [0.15, 0.2) is 5.78 Å². The van der Waals surface area contributed by atoms with E-state index in [4.69, 9.17) is 18.1 Å². The van der Waals surface area contributed by atoms with Crippen LogP contribution in [0.4, 0.5) is 0 Å². The van der Waals surface area contributed by atoms with Crippen LogP contribution in [0.15, 0.2) is 24.3 Å². The third-order valence-electron chi connectivity index (χ3n) is 4.53. The van der Waals surface area contributed by atoms with Crippen molar-refractivity contribution in [1.82, 2.24) is 0 Å². The number of carbonyl (C=O) groups is 1. The Morgan fingerprint density at radius 2 is 1.59 bits per heavy atom. The fourth-order valence-electron chi connectivity index (χ4n) is 3.02. The molecular formula is C18H27O5P9. The molecule has 0 radical (unpaired) electrons. The molecular weight excluding hydrogens is 575 g/mol. The summed E-state index contributed by atoms with van der Waals surface area (Å²) < 4.78 is 23.1. The Bertz CT molecular complexity index is 1010. The molecule has 0 heterocycles. The second-order valence-corrected chi connectivity index (χ2v) is 19.4. The molecule has 0 aliphatic heterocycles. The summed E-state index contributed by atoms with van der Waals surface area (Å²) in [6.07, 6.45) is 3.28. The summed E-state index contributed by atoms with van der Waals surface area (Å²) in [4.78, 5) is 13.3. The Balaban J connectivity index is 2.49. The number of hydrogen-bond donors (Lipinski definition) is 0. The van der Waals surface area contributed by atoms with Crippen LogP contribution in [-0.2, 0) is 0 Å². The summed E-state index contributed by atoms with van der Waals surface area (Å²) in [5.41, 5.74) is 3.84. The van der Waals surface area contributed by atoms with Crippen molar-refractivity contribution in [2.75, 3.05) is 0 Å². The summed E-state index contributed by atoms with van der Waals surface area (Å²) in [5, 5.41) is 0. The molecule has 0 saturated heterocycles. The normalized spacial score (nSPS) is 11.7. The Morgan fingerprint density at radius 3 is 2.16 bits per heavy atom. The van der Waals surface area contributed by atoms with Gasteiger partial charge in [-0.15, -0.1) is 0 Å². The van der Waals surface area contributed by atoms with Crippen LogP contribution in [0, 0.1) is 20.8 Å². The Kier molecular flexibility index (Phi) is 12.6. The summed E-state index contributed by atoms with van der Waals surface area (Å²) in [6.45, 7) is 5.76.